The van der Waals surface area contributed by atoms with E-state index in [-0.39, 0.29) is 12.1 Å². The molecule has 0 radical (unpaired) electrons. The largest absolute Gasteiger partial charge is 0.444 e. The molecule has 0 N–H and O–H groups in total. The summed E-state index contributed by atoms with van der Waals surface area (Å²) in [5.41, 5.74) is 0.680. The zero-order chi connectivity index (χ0) is 18.4. The summed E-state index contributed by atoms with van der Waals surface area (Å²) >= 11 is 0. The Bertz CT molecular complexity index is 539. The highest BCUT2D eigenvalue weighted by atomic mass is 16.6. The lowest BCUT2D eigenvalue weighted by Gasteiger charge is -2.40. The summed E-state index contributed by atoms with van der Waals surface area (Å²) in [5, 5.41) is 0. The van der Waals surface area contributed by atoms with E-state index in [2.05, 4.69) is 31.0 Å². The second-order valence-corrected chi connectivity index (χ2v) is 8.14. The third kappa shape index (κ3) is 6.03. The first-order chi connectivity index (χ1) is 11.8. The van der Waals surface area contributed by atoms with Crippen molar-refractivity contribution in [1.82, 2.24) is 9.80 Å². The van der Waals surface area contributed by atoms with Crippen LogP contribution in [0.5, 0.6) is 0 Å². The number of benzene rings is 1. The molecule has 4 nitrogen and oxygen atoms in total. The van der Waals surface area contributed by atoms with Gasteiger partial charge in [-0.2, -0.15) is 0 Å². The van der Waals surface area contributed by atoms with Crippen molar-refractivity contribution in [3.63, 3.8) is 0 Å². The third-order valence-corrected chi connectivity index (χ3v) is 5.01. The molecule has 0 heterocycles. The van der Waals surface area contributed by atoms with Gasteiger partial charge in [0.05, 0.1) is 0 Å². The van der Waals surface area contributed by atoms with E-state index in [1.807, 2.05) is 43.9 Å². The first-order valence-corrected chi connectivity index (χ1v) is 9.54. The molecule has 140 valence electrons. The van der Waals surface area contributed by atoms with Crippen LogP contribution in [0.25, 0.3) is 0 Å². The summed E-state index contributed by atoms with van der Waals surface area (Å²) in [5.74, 6) is 0. The van der Waals surface area contributed by atoms with Gasteiger partial charge in [0.25, 0.3) is 0 Å². The van der Waals surface area contributed by atoms with Crippen LogP contribution in [0.4, 0.5) is 4.79 Å². The van der Waals surface area contributed by atoms with Gasteiger partial charge in [0.2, 0.25) is 0 Å². The first kappa shape index (κ1) is 19.8. The summed E-state index contributed by atoms with van der Waals surface area (Å²) < 4.78 is 5.72. The van der Waals surface area contributed by atoms with Gasteiger partial charge in [-0.25, -0.2) is 4.79 Å². The molecule has 0 saturated heterocycles. The number of carbonyl (C=O) groups is 1. The Kier molecular flexibility index (Phi) is 6.88. The molecule has 1 aromatic rings. The van der Waals surface area contributed by atoms with Gasteiger partial charge in [0.1, 0.15) is 5.60 Å². The molecule has 0 bridgehead atoms. The maximum atomic E-state index is 12.9. The second-order valence-electron chi connectivity index (χ2n) is 8.14. The van der Waals surface area contributed by atoms with Crippen molar-refractivity contribution < 1.29 is 9.53 Å². The zero-order valence-corrected chi connectivity index (χ0v) is 16.5. The first-order valence-electron chi connectivity index (χ1n) is 9.54. The van der Waals surface area contributed by atoms with Crippen molar-refractivity contribution in [1.29, 1.82) is 0 Å². The molecule has 0 aliphatic heterocycles. The van der Waals surface area contributed by atoms with Crippen molar-refractivity contribution in [3.8, 4) is 0 Å². The third-order valence-electron chi connectivity index (χ3n) is 5.01. The van der Waals surface area contributed by atoms with Gasteiger partial charge < -0.3 is 14.5 Å². The van der Waals surface area contributed by atoms with E-state index in [0.29, 0.717) is 12.6 Å². The van der Waals surface area contributed by atoms with E-state index in [4.69, 9.17) is 4.74 Å². The zero-order valence-electron chi connectivity index (χ0n) is 16.5. The molecule has 1 amide bonds. The minimum absolute atomic E-state index is 0.193. The van der Waals surface area contributed by atoms with E-state index in [0.717, 1.165) is 31.4 Å². The molecule has 2 rings (SSSR count). The summed E-state index contributed by atoms with van der Waals surface area (Å²) in [6.45, 7) is 9.64. The fraction of sp³-hybridized carbons (Fsp3) is 0.667. The molecule has 1 aliphatic rings. The summed E-state index contributed by atoms with van der Waals surface area (Å²) in [6.07, 6.45) is 4.26. The van der Waals surface area contributed by atoms with Gasteiger partial charge in [-0.05, 0) is 65.6 Å². The van der Waals surface area contributed by atoms with Gasteiger partial charge in [0, 0.05) is 18.6 Å². The van der Waals surface area contributed by atoms with E-state index >= 15 is 0 Å². The second kappa shape index (κ2) is 8.70. The molecule has 0 spiro atoms. The predicted molar refractivity (Wildman–Crippen MR) is 103 cm³/mol. The quantitative estimate of drug-likeness (QED) is 0.775. The van der Waals surface area contributed by atoms with Crippen LogP contribution >= 0.6 is 0 Å². The fourth-order valence-electron chi connectivity index (χ4n) is 3.52. The topological polar surface area (TPSA) is 32.8 Å². The Labute approximate surface area is 153 Å². The number of carbonyl (C=O) groups excluding carboxylic acids is 1. The van der Waals surface area contributed by atoms with Crippen molar-refractivity contribution in [2.75, 3.05) is 13.6 Å². The Morgan fingerprint density at radius 3 is 2.40 bits per heavy atom. The molecular weight excluding hydrogens is 312 g/mol. The number of hydrogen-bond acceptors (Lipinski definition) is 3. The molecule has 0 unspecified atom stereocenters. The molecule has 2 atom stereocenters. The van der Waals surface area contributed by atoms with E-state index < -0.39 is 5.60 Å². The van der Waals surface area contributed by atoms with Gasteiger partial charge in [0.15, 0.2) is 0 Å². The van der Waals surface area contributed by atoms with Crippen LogP contribution in [0.2, 0.25) is 0 Å². The molecule has 1 saturated carbocycles. The molecule has 1 aliphatic carbocycles. The smallest absolute Gasteiger partial charge is 0.410 e. The number of rotatable bonds is 5. The van der Waals surface area contributed by atoms with Gasteiger partial charge in [-0.1, -0.05) is 37.3 Å². The number of hydrogen-bond donors (Lipinski definition) is 0. The van der Waals surface area contributed by atoms with E-state index in [9.17, 15) is 4.79 Å². The van der Waals surface area contributed by atoms with Crippen molar-refractivity contribution in [3.05, 3.63) is 35.9 Å². The van der Waals surface area contributed by atoms with Crippen LogP contribution in [-0.4, -0.2) is 47.2 Å². The monoisotopic (exact) mass is 346 g/mol. The molecular formula is C21H34N2O2. The van der Waals surface area contributed by atoms with Crippen LogP contribution in [0.15, 0.2) is 30.3 Å². The van der Waals surface area contributed by atoms with Crippen LogP contribution < -0.4 is 0 Å². The van der Waals surface area contributed by atoms with Crippen LogP contribution in [0, 0.1) is 0 Å². The predicted octanol–water partition coefficient (Wildman–Crippen LogP) is 4.69. The lowest BCUT2D eigenvalue weighted by molar-refractivity contribution is 0.00485. The molecule has 1 aromatic carbocycles. The van der Waals surface area contributed by atoms with Gasteiger partial charge in [-0.3, -0.25) is 0 Å². The maximum absolute atomic E-state index is 12.9. The minimum Gasteiger partial charge on any atom is -0.444 e. The molecule has 1 fully saturated rings. The fourth-order valence-corrected chi connectivity index (χ4v) is 3.52. The number of ether oxygens (including phenoxy) is 1. The Hall–Kier alpha value is -1.55. The standard InChI is InChI=1S/C21H34N2O2/c1-6-22(5)18-13-10-14-19(15-18)23(20(24)25-21(2,3)4)16-17-11-8-7-9-12-17/h7-9,11-12,18-19H,6,10,13-16H2,1-5H3/t18-,19+/m0/s1. The SMILES string of the molecule is CCN(C)[C@H]1CCC[C@@H](N(Cc2ccccc2)C(=O)OC(C)(C)C)C1. The lowest BCUT2D eigenvalue weighted by Crippen LogP contribution is -2.48. The van der Waals surface area contributed by atoms with Crippen LogP contribution in [-0.2, 0) is 11.3 Å². The lowest BCUT2D eigenvalue weighted by atomic mass is 9.89. The summed E-state index contributed by atoms with van der Waals surface area (Å²) in [6, 6.07) is 11.0. The minimum atomic E-state index is -0.472. The number of nitrogens with zero attached hydrogens (tertiary/aromatic N) is 2. The normalized spacial score (nSPS) is 21.2. The highest BCUT2D eigenvalue weighted by Gasteiger charge is 2.33. The highest BCUT2D eigenvalue weighted by molar-refractivity contribution is 5.68. The van der Waals surface area contributed by atoms with Crippen molar-refractivity contribution in [2.45, 2.75) is 77.6 Å². The Morgan fingerprint density at radius 1 is 1.16 bits per heavy atom. The summed E-state index contributed by atoms with van der Waals surface area (Å²) in [4.78, 5) is 17.3. The van der Waals surface area contributed by atoms with Crippen molar-refractivity contribution in [2.24, 2.45) is 0 Å². The average molecular weight is 347 g/mol. The van der Waals surface area contributed by atoms with Gasteiger partial charge >= 0.3 is 6.09 Å². The van der Waals surface area contributed by atoms with E-state index in [1.165, 1.54) is 6.42 Å². The van der Waals surface area contributed by atoms with Crippen LogP contribution in [0.1, 0.15) is 58.9 Å². The van der Waals surface area contributed by atoms with Crippen molar-refractivity contribution >= 4 is 6.09 Å². The highest BCUT2D eigenvalue weighted by Crippen LogP contribution is 2.28. The van der Waals surface area contributed by atoms with Gasteiger partial charge in [-0.15, -0.1) is 0 Å². The summed E-state index contributed by atoms with van der Waals surface area (Å²) in [7, 11) is 2.18. The molecule has 4 heteroatoms. The Morgan fingerprint density at radius 2 is 1.80 bits per heavy atom. The average Bonchev–Trinajstić information content (AvgIpc) is 2.58. The Balaban J connectivity index is 2.16. The van der Waals surface area contributed by atoms with E-state index in [1.54, 1.807) is 0 Å². The number of amides is 1. The molecule has 0 aromatic heterocycles. The van der Waals surface area contributed by atoms with Crippen LogP contribution in [0.3, 0.4) is 0 Å². The molecule has 25 heavy (non-hydrogen) atoms. The maximum Gasteiger partial charge on any atom is 0.410 e.